The van der Waals surface area contributed by atoms with Crippen molar-refractivity contribution in [2.45, 2.75) is 18.9 Å². The van der Waals surface area contributed by atoms with E-state index in [1.165, 1.54) is 18.5 Å². The van der Waals surface area contributed by atoms with Gasteiger partial charge in [0.1, 0.15) is 5.15 Å². The molecule has 1 atom stereocenters. The summed E-state index contributed by atoms with van der Waals surface area (Å²) in [6.07, 6.45) is 4.34. The van der Waals surface area contributed by atoms with E-state index in [2.05, 4.69) is 15.2 Å². The molecule has 0 radical (unpaired) electrons. The molecule has 1 aromatic rings. The zero-order chi connectivity index (χ0) is 10.7. The number of pyridine rings is 1. The van der Waals surface area contributed by atoms with Crippen molar-refractivity contribution >= 4 is 17.3 Å². The Morgan fingerprint density at radius 2 is 2.40 bits per heavy atom. The summed E-state index contributed by atoms with van der Waals surface area (Å²) in [5.41, 5.74) is 1.17. The van der Waals surface area contributed by atoms with Gasteiger partial charge in [-0.2, -0.15) is 0 Å². The molecule has 0 spiro atoms. The van der Waals surface area contributed by atoms with Gasteiger partial charge in [0.05, 0.1) is 11.9 Å². The Morgan fingerprint density at radius 1 is 1.53 bits per heavy atom. The Kier molecular flexibility index (Phi) is 3.44. The Labute approximate surface area is 95.4 Å². The van der Waals surface area contributed by atoms with Gasteiger partial charge in [0, 0.05) is 19.1 Å². The van der Waals surface area contributed by atoms with Crippen LogP contribution in [-0.2, 0) is 0 Å². The van der Waals surface area contributed by atoms with Crippen molar-refractivity contribution in [2.75, 3.05) is 25.0 Å². The Morgan fingerprint density at radius 3 is 3.07 bits per heavy atom. The summed E-state index contributed by atoms with van der Waals surface area (Å²) in [5.74, 6) is 0. The van der Waals surface area contributed by atoms with E-state index >= 15 is 0 Å². The molecule has 1 saturated heterocycles. The second-order valence-electron chi connectivity index (χ2n) is 3.91. The molecule has 0 amide bonds. The van der Waals surface area contributed by atoms with E-state index in [0.717, 1.165) is 13.1 Å². The first-order chi connectivity index (χ1) is 7.29. The predicted molar refractivity (Wildman–Crippen MR) is 63.5 cm³/mol. The van der Waals surface area contributed by atoms with Crippen molar-refractivity contribution in [3.63, 3.8) is 0 Å². The molecule has 0 bridgehead atoms. The molecule has 1 aliphatic heterocycles. The van der Waals surface area contributed by atoms with E-state index in [1.54, 1.807) is 0 Å². The quantitative estimate of drug-likeness (QED) is 0.780. The number of nitrogens with one attached hydrogen (secondary N) is 1. The first kappa shape index (κ1) is 10.7. The molecule has 0 saturated carbocycles. The molecule has 0 aliphatic carbocycles. The Hall–Kier alpha value is -0.800. The summed E-state index contributed by atoms with van der Waals surface area (Å²) < 4.78 is 0. The Balaban J connectivity index is 2.06. The standard InChI is InChI=1S/C11H16ClN3/c1-13-9-3-2-6-15(8-9)10-4-5-11(12)14-7-10/h4-5,7,9,13H,2-3,6,8H2,1H3/t9-/m0/s1. The molecule has 1 N–H and O–H groups in total. The zero-order valence-electron chi connectivity index (χ0n) is 8.91. The minimum Gasteiger partial charge on any atom is -0.369 e. The predicted octanol–water partition coefficient (Wildman–Crippen LogP) is 1.92. The van der Waals surface area contributed by atoms with Crippen LogP contribution in [0.5, 0.6) is 0 Å². The molecule has 2 rings (SSSR count). The van der Waals surface area contributed by atoms with E-state index in [9.17, 15) is 0 Å². The van der Waals surface area contributed by atoms with Crippen LogP contribution in [0.1, 0.15) is 12.8 Å². The summed E-state index contributed by atoms with van der Waals surface area (Å²) in [6.45, 7) is 2.17. The van der Waals surface area contributed by atoms with Crippen LogP contribution in [-0.4, -0.2) is 31.2 Å². The van der Waals surface area contributed by atoms with Gasteiger partial charge in [-0.25, -0.2) is 4.98 Å². The molecule has 15 heavy (non-hydrogen) atoms. The summed E-state index contributed by atoms with van der Waals surface area (Å²) >= 11 is 5.76. The fourth-order valence-electron chi connectivity index (χ4n) is 2.00. The number of anilines is 1. The zero-order valence-corrected chi connectivity index (χ0v) is 9.67. The largest absolute Gasteiger partial charge is 0.369 e. The third-order valence-corrected chi connectivity index (χ3v) is 3.13. The SMILES string of the molecule is CN[C@H]1CCCN(c2ccc(Cl)nc2)C1. The average Bonchev–Trinajstić information content (AvgIpc) is 2.30. The van der Waals surface area contributed by atoms with Gasteiger partial charge in [0.25, 0.3) is 0 Å². The van der Waals surface area contributed by atoms with Crippen molar-refractivity contribution in [1.29, 1.82) is 0 Å². The lowest BCUT2D eigenvalue weighted by Gasteiger charge is -2.34. The Bertz CT molecular complexity index is 312. The highest BCUT2D eigenvalue weighted by molar-refractivity contribution is 6.29. The lowest BCUT2D eigenvalue weighted by molar-refractivity contribution is 0.449. The maximum Gasteiger partial charge on any atom is 0.129 e. The molecule has 1 aliphatic rings. The van der Waals surface area contributed by atoms with Gasteiger partial charge in [0.2, 0.25) is 0 Å². The van der Waals surface area contributed by atoms with Crippen molar-refractivity contribution in [2.24, 2.45) is 0 Å². The van der Waals surface area contributed by atoms with Crippen LogP contribution < -0.4 is 10.2 Å². The molecule has 0 unspecified atom stereocenters. The lowest BCUT2D eigenvalue weighted by Crippen LogP contribution is -2.44. The number of likely N-dealkylation sites (N-methyl/N-ethyl adjacent to an activating group) is 1. The van der Waals surface area contributed by atoms with E-state index in [0.29, 0.717) is 11.2 Å². The fourth-order valence-corrected chi connectivity index (χ4v) is 2.11. The first-order valence-corrected chi connectivity index (χ1v) is 5.71. The average molecular weight is 226 g/mol. The van der Waals surface area contributed by atoms with Crippen LogP contribution >= 0.6 is 11.6 Å². The molecule has 0 aromatic carbocycles. The minimum absolute atomic E-state index is 0.556. The first-order valence-electron chi connectivity index (χ1n) is 5.33. The van der Waals surface area contributed by atoms with Crippen molar-refractivity contribution in [3.8, 4) is 0 Å². The van der Waals surface area contributed by atoms with Gasteiger partial charge in [-0.05, 0) is 32.0 Å². The van der Waals surface area contributed by atoms with Crippen molar-refractivity contribution in [3.05, 3.63) is 23.5 Å². The van der Waals surface area contributed by atoms with E-state index in [4.69, 9.17) is 11.6 Å². The van der Waals surface area contributed by atoms with E-state index < -0.39 is 0 Å². The summed E-state index contributed by atoms with van der Waals surface area (Å²) in [4.78, 5) is 6.46. The molecule has 4 heteroatoms. The topological polar surface area (TPSA) is 28.2 Å². The molecular weight excluding hydrogens is 210 g/mol. The van der Waals surface area contributed by atoms with Crippen molar-refractivity contribution in [1.82, 2.24) is 10.3 Å². The van der Waals surface area contributed by atoms with Crippen molar-refractivity contribution < 1.29 is 0 Å². The van der Waals surface area contributed by atoms with Gasteiger partial charge in [0.15, 0.2) is 0 Å². The highest BCUT2D eigenvalue weighted by Crippen LogP contribution is 2.20. The molecule has 3 nitrogen and oxygen atoms in total. The maximum atomic E-state index is 5.76. The summed E-state index contributed by atoms with van der Waals surface area (Å²) in [7, 11) is 2.02. The molecule has 1 aromatic heterocycles. The van der Waals surface area contributed by atoms with Crippen LogP contribution in [0.4, 0.5) is 5.69 Å². The van der Waals surface area contributed by atoms with E-state index in [1.807, 2.05) is 25.4 Å². The number of halogens is 1. The smallest absolute Gasteiger partial charge is 0.129 e. The molecule has 1 fully saturated rings. The van der Waals surface area contributed by atoms with Crippen LogP contribution in [0.25, 0.3) is 0 Å². The molecular formula is C11H16ClN3. The van der Waals surface area contributed by atoms with Crippen LogP contribution in [0.3, 0.4) is 0 Å². The number of hydrogen-bond acceptors (Lipinski definition) is 3. The van der Waals surface area contributed by atoms with Gasteiger partial charge in [-0.1, -0.05) is 11.6 Å². The second-order valence-corrected chi connectivity index (χ2v) is 4.30. The number of piperidine rings is 1. The van der Waals surface area contributed by atoms with Gasteiger partial charge >= 0.3 is 0 Å². The van der Waals surface area contributed by atoms with Gasteiger partial charge in [-0.3, -0.25) is 0 Å². The molecule has 82 valence electrons. The third-order valence-electron chi connectivity index (χ3n) is 2.91. The fraction of sp³-hybridized carbons (Fsp3) is 0.545. The number of nitrogens with zero attached hydrogens (tertiary/aromatic N) is 2. The number of aromatic nitrogens is 1. The van der Waals surface area contributed by atoms with Crippen LogP contribution in [0.2, 0.25) is 5.15 Å². The normalized spacial score (nSPS) is 21.7. The second kappa shape index (κ2) is 4.81. The van der Waals surface area contributed by atoms with Gasteiger partial charge < -0.3 is 10.2 Å². The highest BCUT2D eigenvalue weighted by Gasteiger charge is 2.18. The highest BCUT2D eigenvalue weighted by atomic mass is 35.5. The van der Waals surface area contributed by atoms with E-state index in [-0.39, 0.29) is 0 Å². The maximum absolute atomic E-state index is 5.76. The summed E-state index contributed by atoms with van der Waals surface area (Å²) in [6, 6.07) is 4.47. The summed E-state index contributed by atoms with van der Waals surface area (Å²) in [5, 5.41) is 3.88. The monoisotopic (exact) mass is 225 g/mol. The lowest BCUT2D eigenvalue weighted by atomic mass is 10.1. The number of rotatable bonds is 2. The minimum atomic E-state index is 0.556. The van der Waals surface area contributed by atoms with Crippen LogP contribution in [0.15, 0.2) is 18.3 Å². The molecule has 2 heterocycles. The van der Waals surface area contributed by atoms with Crippen LogP contribution in [0, 0.1) is 0 Å². The third kappa shape index (κ3) is 2.61. The van der Waals surface area contributed by atoms with Gasteiger partial charge in [-0.15, -0.1) is 0 Å². The number of hydrogen-bond donors (Lipinski definition) is 1.